The van der Waals surface area contributed by atoms with Crippen LogP contribution >= 0.6 is 0 Å². The molecule has 11 nitrogen and oxygen atoms in total. The molecule has 0 atom stereocenters. The normalized spacial score (nSPS) is 12.2. The third-order valence-corrected chi connectivity index (χ3v) is 11.0. The second kappa shape index (κ2) is 42.3. The van der Waals surface area contributed by atoms with Crippen LogP contribution in [0.4, 0.5) is 0 Å². The number of rotatable bonds is 44. The highest BCUT2D eigenvalue weighted by molar-refractivity contribution is 7.84. The van der Waals surface area contributed by atoms with Crippen LogP contribution in [0.25, 0.3) is 0 Å². The Morgan fingerprint density at radius 2 is 0.895 bits per heavy atom. The van der Waals surface area contributed by atoms with Crippen molar-refractivity contribution >= 4 is 22.2 Å². The number of nitrogens with zero attached hydrogens (tertiary/aromatic N) is 1. The summed E-state index contributed by atoms with van der Waals surface area (Å²) < 4.78 is 43.9. The molecule has 0 aromatic rings. The van der Waals surface area contributed by atoms with E-state index in [0.29, 0.717) is 12.8 Å². The molecule has 0 saturated heterocycles. The Labute approximate surface area is 349 Å². The third kappa shape index (κ3) is 40.7. The number of hydrogen-bond acceptors (Lipinski definition) is 10. The first kappa shape index (κ1) is 55.2. The first-order chi connectivity index (χ1) is 27.8. The summed E-state index contributed by atoms with van der Waals surface area (Å²) in [5, 5.41) is 18.4. The number of unbranched alkanes of at least 4 members (excludes halogenated alkanes) is 22. The summed E-state index contributed by atoms with van der Waals surface area (Å²) in [6.07, 6.45) is 38.5. The van der Waals surface area contributed by atoms with E-state index in [1.165, 1.54) is 89.9 Å². The Balaban J connectivity index is 4.50. The molecule has 0 radical (unpaired) electrons. The second-order valence-electron chi connectivity index (χ2n) is 15.4. The largest absolute Gasteiger partial charge is 0.463 e. The van der Waals surface area contributed by atoms with E-state index in [1.54, 1.807) is 4.90 Å². The number of carbonyl (C=O) groups excluding carboxylic acids is 2. The number of carbonyl (C=O) groups is 2. The average Bonchev–Trinajstić information content (AvgIpc) is 3.18. The Kier molecular flexibility index (Phi) is 40.9. The molecule has 0 aromatic carbocycles. The fraction of sp³-hybridized carbons (Fsp3) is 0.867. The summed E-state index contributed by atoms with van der Waals surface area (Å²) in [5.74, 6) is -0.898. The Morgan fingerprint density at radius 1 is 0.544 bits per heavy atom. The van der Waals surface area contributed by atoms with Crippen LogP contribution < -0.4 is 4.72 Å². The number of hydrogen-bond donors (Lipinski definition) is 3. The monoisotopic (exact) mass is 831 g/mol. The molecule has 0 heterocycles. The van der Waals surface area contributed by atoms with Gasteiger partial charge in [0.2, 0.25) is 0 Å². The molecule has 336 valence electrons. The number of allylic oxidation sites excluding steroid dienone is 4. The molecule has 0 saturated carbocycles. The van der Waals surface area contributed by atoms with Gasteiger partial charge in [0.25, 0.3) is 0 Å². The van der Waals surface area contributed by atoms with Crippen LogP contribution in [0.15, 0.2) is 24.3 Å². The van der Waals surface area contributed by atoms with Crippen molar-refractivity contribution in [2.24, 2.45) is 0 Å². The molecule has 0 bridgehead atoms. The van der Waals surface area contributed by atoms with E-state index in [0.717, 1.165) is 64.2 Å². The lowest BCUT2D eigenvalue weighted by atomic mass is 10.1. The molecule has 0 amide bonds. The molecule has 0 aromatic heterocycles. The van der Waals surface area contributed by atoms with Gasteiger partial charge in [-0.1, -0.05) is 141 Å². The number of aliphatic hydroxyl groups is 2. The number of aliphatic hydroxyl groups excluding tert-OH is 2. The first-order valence-corrected chi connectivity index (χ1v) is 24.4. The molecule has 0 fully saturated rings. The standard InChI is InChI=1S/C45H86N2O9S/c1-3-5-7-9-11-13-15-17-19-21-23-25-27-29-31-33-44(50)54-41-43(56-57(52,53)46-35-36-47(37-39-48)38-40-49)42-55-45(51)34-32-30-28-26-24-22-20-18-16-14-12-10-8-6-4-2/h17-20,43,46,48-49H,3-16,21-42H2,1-2H3/b19-17-,20-18-. The Hall–Kier alpha value is -1.83. The zero-order valence-electron chi connectivity index (χ0n) is 36.5. The van der Waals surface area contributed by atoms with Crippen molar-refractivity contribution in [3.8, 4) is 0 Å². The topological polar surface area (TPSA) is 152 Å². The molecule has 0 aliphatic heterocycles. The lowest BCUT2D eigenvalue weighted by Gasteiger charge is -2.21. The summed E-state index contributed by atoms with van der Waals surface area (Å²) in [4.78, 5) is 26.7. The highest BCUT2D eigenvalue weighted by Gasteiger charge is 2.23. The van der Waals surface area contributed by atoms with Crippen molar-refractivity contribution < 1.29 is 41.9 Å². The van der Waals surface area contributed by atoms with Crippen LogP contribution in [0, 0.1) is 0 Å². The molecule has 0 spiro atoms. The van der Waals surface area contributed by atoms with Crippen LogP contribution in [0.1, 0.15) is 194 Å². The smallest absolute Gasteiger partial charge is 0.336 e. The maximum absolute atomic E-state index is 12.7. The van der Waals surface area contributed by atoms with Gasteiger partial charge >= 0.3 is 22.2 Å². The van der Waals surface area contributed by atoms with Crippen molar-refractivity contribution in [1.29, 1.82) is 0 Å². The van der Waals surface area contributed by atoms with E-state index >= 15 is 0 Å². The molecule has 57 heavy (non-hydrogen) atoms. The van der Waals surface area contributed by atoms with Crippen molar-refractivity contribution in [2.75, 3.05) is 52.6 Å². The van der Waals surface area contributed by atoms with Gasteiger partial charge in [-0.3, -0.25) is 14.5 Å². The van der Waals surface area contributed by atoms with Gasteiger partial charge in [0.1, 0.15) is 19.3 Å². The van der Waals surface area contributed by atoms with E-state index in [1.807, 2.05) is 0 Å². The van der Waals surface area contributed by atoms with Gasteiger partial charge in [-0.2, -0.15) is 13.1 Å². The molecule has 0 aliphatic carbocycles. The Morgan fingerprint density at radius 3 is 1.26 bits per heavy atom. The van der Waals surface area contributed by atoms with E-state index in [-0.39, 0.29) is 65.4 Å². The van der Waals surface area contributed by atoms with Gasteiger partial charge in [0.05, 0.1) is 13.2 Å². The van der Waals surface area contributed by atoms with E-state index in [2.05, 4.69) is 42.9 Å². The van der Waals surface area contributed by atoms with Crippen molar-refractivity contribution in [2.45, 2.75) is 200 Å². The van der Waals surface area contributed by atoms with Gasteiger partial charge in [0.15, 0.2) is 0 Å². The summed E-state index contributed by atoms with van der Waals surface area (Å²) in [6, 6.07) is 0. The number of nitrogens with one attached hydrogen (secondary N) is 1. The molecule has 3 N–H and O–H groups in total. The van der Waals surface area contributed by atoms with Crippen molar-refractivity contribution in [3.05, 3.63) is 24.3 Å². The SMILES string of the molecule is CCCCCCCC/C=C\CCCCCCCC(=O)OCC(COC(=O)CCCCCCC/C=C\CCCCCCCC)OS(=O)(=O)NCCN(CCO)CCO. The van der Waals surface area contributed by atoms with E-state index < -0.39 is 28.3 Å². The minimum Gasteiger partial charge on any atom is -0.463 e. The fourth-order valence-electron chi connectivity index (χ4n) is 6.46. The predicted octanol–water partition coefficient (Wildman–Crippen LogP) is 9.65. The van der Waals surface area contributed by atoms with Gasteiger partial charge in [-0.15, -0.1) is 0 Å². The minimum atomic E-state index is -4.28. The lowest BCUT2D eigenvalue weighted by Crippen LogP contribution is -2.40. The van der Waals surface area contributed by atoms with Crippen LogP contribution in [0.2, 0.25) is 0 Å². The van der Waals surface area contributed by atoms with Crippen molar-refractivity contribution in [1.82, 2.24) is 9.62 Å². The molecule has 0 unspecified atom stereocenters. The quantitative estimate of drug-likeness (QED) is 0.0308. The summed E-state index contributed by atoms with van der Waals surface area (Å²) in [5.41, 5.74) is 0. The number of ether oxygens (including phenoxy) is 2. The van der Waals surface area contributed by atoms with Crippen LogP contribution in [-0.2, 0) is 33.6 Å². The Bertz CT molecular complexity index is 1010. The summed E-state index contributed by atoms with van der Waals surface area (Å²) in [6.45, 7) is 4.27. The molecule has 12 heteroatoms. The van der Waals surface area contributed by atoms with Gasteiger partial charge in [0, 0.05) is 39.0 Å². The molecule has 0 rings (SSSR count). The zero-order chi connectivity index (χ0) is 41.9. The minimum absolute atomic E-state index is 0.0282. The van der Waals surface area contributed by atoms with Gasteiger partial charge in [-0.05, 0) is 64.2 Å². The second-order valence-corrected chi connectivity index (χ2v) is 16.8. The highest BCUT2D eigenvalue weighted by Crippen LogP contribution is 2.13. The highest BCUT2D eigenvalue weighted by atomic mass is 32.2. The van der Waals surface area contributed by atoms with Gasteiger partial charge in [-0.25, -0.2) is 4.18 Å². The van der Waals surface area contributed by atoms with Crippen LogP contribution in [-0.4, -0.2) is 94.2 Å². The fourth-order valence-corrected chi connectivity index (χ4v) is 7.34. The third-order valence-electron chi connectivity index (χ3n) is 9.95. The molecule has 0 aliphatic rings. The van der Waals surface area contributed by atoms with Crippen molar-refractivity contribution in [3.63, 3.8) is 0 Å². The van der Waals surface area contributed by atoms with E-state index in [9.17, 15) is 28.2 Å². The summed E-state index contributed by atoms with van der Waals surface area (Å²) >= 11 is 0. The van der Waals surface area contributed by atoms with Crippen LogP contribution in [0.3, 0.4) is 0 Å². The maximum atomic E-state index is 12.7. The first-order valence-electron chi connectivity index (χ1n) is 23.0. The average molecular weight is 831 g/mol. The lowest BCUT2D eigenvalue weighted by molar-refractivity contribution is -0.151. The maximum Gasteiger partial charge on any atom is 0.336 e. The van der Waals surface area contributed by atoms with Crippen LogP contribution in [0.5, 0.6) is 0 Å². The van der Waals surface area contributed by atoms with E-state index in [4.69, 9.17) is 13.7 Å². The van der Waals surface area contributed by atoms with Gasteiger partial charge < -0.3 is 19.7 Å². The molecular weight excluding hydrogens is 745 g/mol. The number of esters is 2. The zero-order valence-corrected chi connectivity index (χ0v) is 37.3. The summed E-state index contributed by atoms with van der Waals surface area (Å²) in [7, 11) is -4.28. The predicted molar refractivity (Wildman–Crippen MR) is 233 cm³/mol. The molecular formula is C45H86N2O9S.